The molecule has 1 amide bonds. The fourth-order valence-electron chi connectivity index (χ4n) is 2.81. The number of halogens is 4. The maximum atomic E-state index is 12.7. The summed E-state index contributed by atoms with van der Waals surface area (Å²) in [6.45, 7) is 0. The number of hydrogen-bond donors (Lipinski definition) is 2. The molecule has 0 aliphatic rings. The van der Waals surface area contributed by atoms with Crippen molar-refractivity contribution in [1.29, 1.82) is 0 Å². The summed E-state index contributed by atoms with van der Waals surface area (Å²) in [5.41, 5.74) is 1.80. The average Bonchev–Trinajstić information content (AvgIpc) is 3.45. The Morgan fingerprint density at radius 1 is 1.06 bits per heavy atom. The van der Waals surface area contributed by atoms with Crippen molar-refractivity contribution in [3.63, 3.8) is 0 Å². The monoisotopic (exact) mass is 448 g/mol. The van der Waals surface area contributed by atoms with Gasteiger partial charge in [-0.25, -0.2) is 0 Å². The van der Waals surface area contributed by atoms with Gasteiger partial charge < -0.3 is 9.84 Å². The predicted molar refractivity (Wildman–Crippen MR) is 102 cm³/mol. The molecule has 0 radical (unpaired) electrons. The van der Waals surface area contributed by atoms with Crippen molar-refractivity contribution >= 4 is 17.5 Å². The molecule has 0 fully saturated rings. The molecule has 1 atom stereocenters. The van der Waals surface area contributed by atoms with Crippen LogP contribution in [0.5, 0.6) is 0 Å². The second kappa shape index (κ2) is 8.19. The van der Waals surface area contributed by atoms with E-state index in [1.807, 2.05) is 0 Å². The molecule has 158 valence electrons. The lowest BCUT2D eigenvalue weighted by atomic mass is 9.97. The van der Waals surface area contributed by atoms with Crippen molar-refractivity contribution < 1.29 is 22.5 Å². The Hall–Kier alpha value is -3.73. The Kier molecular flexibility index (Phi) is 5.42. The first-order chi connectivity index (χ1) is 14.8. The third kappa shape index (κ3) is 4.56. The van der Waals surface area contributed by atoms with E-state index in [2.05, 4.69) is 35.4 Å². The molecule has 4 aromatic rings. The molecule has 0 aliphatic carbocycles. The van der Waals surface area contributed by atoms with Crippen LogP contribution >= 0.6 is 11.6 Å². The zero-order valence-corrected chi connectivity index (χ0v) is 16.1. The van der Waals surface area contributed by atoms with Gasteiger partial charge in [0, 0.05) is 10.6 Å². The number of rotatable bonds is 5. The Labute approximate surface area is 177 Å². The Morgan fingerprint density at radius 3 is 2.26 bits per heavy atom. The molecule has 0 saturated carbocycles. The summed E-state index contributed by atoms with van der Waals surface area (Å²) < 4.78 is 42.3. The van der Waals surface area contributed by atoms with E-state index < -0.39 is 24.0 Å². The molecule has 1 unspecified atom stereocenters. The summed E-state index contributed by atoms with van der Waals surface area (Å²) in [7, 11) is 0. The fraction of sp³-hybridized carbons (Fsp3) is 0.105. The molecule has 0 aliphatic heterocycles. The molecule has 4 rings (SSSR count). The minimum Gasteiger partial charge on any atom is -0.340 e. The first-order valence-corrected chi connectivity index (χ1v) is 9.12. The van der Waals surface area contributed by atoms with Gasteiger partial charge in [-0.05, 0) is 23.3 Å². The van der Waals surface area contributed by atoms with Crippen LogP contribution in [0, 0.1) is 0 Å². The molecule has 0 bridgehead atoms. The number of carbonyl (C=O) groups is 1. The van der Waals surface area contributed by atoms with E-state index in [9.17, 15) is 18.0 Å². The van der Waals surface area contributed by atoms with Crippen LogP contribution < -0.4 is 5.32 Å². The Morgan fingerprint density at radius 2 is 1.71 bits per heavy atom. The summed E-state index contributed by atoms with van der Waals surface area (Å²) in [5, 5.41) is 16.5. The number of alkyl halides is 3. The third-order valence-electron chi connectivity index (χ3n) is 4.30. The average molecular weight is 449 g/mol. The zero-order valence-electron chi connectivity index (χ0n) is 15.4. The highest BCUT2D eigenvalue weighted by Gasteiger charge is 2.38. The molecule has 31 heavy (non-hydrogen) atoms. The largest absolute Gasteiger partial charge is 0.471 e. The van der Waals surface area contributed by atoms with Gasteiger partial charge in [0.1, 0.15) is 0 Å². The topological polar surface area (TPSA) is 110 Å². The molecular weight excluding hydrogens is 437 g/mol. The molecule has 2 heterocycles. The van der Waals surface area contributed by atoms with E-state index in [1.54, 1.807) is 36.4 Å². The van der Waals surface area contributed by atoms with Gasteiger partial charge in [-0.2, -0.15) is 33.6 Å². The summed E-state index contributed by atoms with van der Waals surface area (Å²) >= 11 is 5.96. The molecule has 2 aromatic carbocycles. The van der Waals surface area contributed by atoms with Crippen LogP contribution in [0.2, 0.25) is 5.02 Å². The van der Waals surface area contributed by atoms with Gasteiger partial charge in [0.15, 0.2) is 5.69 Å². The second-order valence-electron chi connectivity index (χ2n) is 6.36. The maximum absolute atomic E-state index is 12.7. The number of carbonyl (C=O) groups excluding carboxylic acids is 1. The minimum atomic E-state index is -4.73. The quantitative estimate of drug-likeness (QED) is 0.476. The van der Waals surface area contributed by atoms with Gasteiger partial charge in [0.2, 0.25) is 5.82 Å². The van der Waals surface area contributed by atoms with E-state index in [-0.39, 0.29) is 11.5 Å². The van der Waals surface area contributed by atoms with Crippen molar-refractivity contribution in [2.24, 2.45) is 0 Å². The Bertz CT molecular complexity index is 1170. The van der Waals surface area contributed by atoms with Crippen molar-refractivity contribution in [3.8, 4) is 11.4 Å². The summed E-state index contributed by atoms with van der Waals surface area (Å²) in [5.74, 6) is -2.09. The number of hydrogen-bond acceptors (Lipinski definition) is 6. The first kappa shape index (κ1) is 20.5. The maximum Gasteiger partial charge on any atom is 0.471 e. The van der Waals surface area contributed by atoms with Crippen LogP contribution in [0.25, 0.3) is 11.4 Å². The number of aromatic amines is 1. The van der Waals surface area contributed by atoms with E-state index >= 15 is 0 Å². The van der Waals surface area contributed by atoms with E-state index in [0.717, 1.165) is 5.56 Å². The normalized spacial score (nSPS) is 12.5. The molecule has 0 saturated heterocycles. The highest BCUT2D eigenvalue weighted by Crippen LogP contribution is 2.30. The zero-order chi connectivity index (χ0) is 22.0. The number of benzene rings is 2. The van der Waals surface area contributed by atoms with Crippen molar-refractivity contribution in [3.05, 3.63) is 82.5 Å². The summed E-state index contributed by atoms with van der Waals surface area (Å²) in [6.07, 6.45) is -3.44. The van der Waals surface area contributed by atoms with Gasteiger partial charge in [0.05, 0.1) is 12.2 Å². The van der Waals surface area contributed by atoms with Gasteiger partial charge in [-0.1, -0.05) is 53.2 Å². The molecule has 2 aromatic heterocycles. The highest BCUT2D eigenvalue weighted by molar-refractivity contribution is 6.30. The third-order valence-corrected chi connectivity index (χ3v) is 4.55. The SMILES string of the molecule is O=C(NC(c1ccc(Cl)cc1)c1ccc(-c2noc(C(F)(F)F)n2)cc1)c1cn[nH]n1. The molecule has 2 N–H and O–H groups in total. The predicted octanol–water partition coefficient (Wildman–Crippen LogP) is 4.05. The van der Waals surface area contributed by atoms with Gasteiger partial charge in [0.25, 0.3) is 5.91 Å². The van der Waals surface area contributed by atoms with Crippen LogP contribution in [0.4, 0.5) is 13.2 Å². The van der Waals surface area contributed by atoms with Crippen LogP contribution in [0.1, 0.15) is 33.5 Å². The standard InChI is InChI=1S/C19H12ClF3N6O2/c20-13-7-5-11(6-8-13)15(25-17(30)14-9-24-29-27-14)10-1-3-12(4-2-10)16-26-18(31-28-16)19(21,22)23/h1-9,15H,(H,25,30)(H,24,27,29). The molecule has 12 heteroatoms. The fourth-order valence-corrected chi connectivity index (χ4v) is 2.94. The van der Waals surface area contributed by atoms with Crippen LogP contribution in [0.15, 0.2) is 59.3 Å². The van der Waals surface area contributed by atoms with Gasteiger partial charge in [-0.3, -0.25) is 4.79 Å². The lowest BCUT2D eigenvalue weighted by Gasteiger charge is -2.19. The van der Waals surface area contributed by atoms with Crippen LogP contribution in [-0.4, -0.2) is 31.5 Å². The summed E-state index contributed by atoms with van der Waals surface area (Å²) in [6, 6.07) is 12.6. The van der Waals surface area contributed by atoms with E-state index in [1.165, 1.54) is 18.3 Å². The summed E-state index contributed by atoms with van der Waals surface area (Å²) in [4.78, 5) is 15.9. The second-order valence-corrected chi connectivity index (χ2v) is 6.79. The minimum absolute atomic E-state index is 0.0991. The number of H-pyrrole nitrogens is 1. The van der Waals surface area contributed by atoms with Crippen LogP contribution in [-0.2, 0) is 6.18 Å². The molecule has 0 spiro atoms. The lowest BCUT2D eigenvalue weighted by molar-refractivity contribution is -0.159. The Balaban J connectivity index is 1.64. The van der Waals surface area contributed by atoms with Gasteiger partial charge in [-0.15, -0.1) is 0 Å². The number of amides is 1. The number of nitrogens with one attached hydrogen (secondary N) is 2. The van der Waals surface area contributed by atoms with E-state index in [4.69, 9.17) is 11.6 Å². The highest BCUT2D eigenvalue weighted by atomic mass is 35.5. The van der Waals surface area contributed by atoms with Crippen molar-refractivity contribution in [1.82, 2.24) is 30.9 Å². The van der Waals surface area contributed by atoms with Crippen molar-refractivity contribution in [2.45, 2.75) is 12.2 Å². The lowest BCUT2D eigenvalue weighted by Crippen LogP contribution is -2.29. The van der Waals surface area contributed by atoms with Crippen molar-refractivity contribution in [2.75, 3.05) is 0 Å². The van der Waals surface area contributed by atoms with Crippen LogP contribution in [0.3, 0.4) is 0 Å². The molecule has 8 nitrogen and oxygen atoms in total. The smallest absolute Gasteiger partial charge is 0.340 e. The number of aromatic nitrogens is 5. The van der Waals surface area contributed by atoms with Gasteiger partial charge >= 0.3 is 12.1 Å². The molecular formula is C19H12ClF3N6O2. The first-order valence-electron chi connectivity index (χ1n) is 8.74. The van der Waals surface area contributed by atoms with E-state index in [0.29, 0.717) is 16.1 Å². The number of nitrogens with zero attached hydrogens (tertiary/aromatic N) is 4.